The number of ether oxygens (including phenoxy) is 1. The molecule has 2 N–H and O–H groups in total. The number of thiophene rings is 1. The molecule has 0 aliphatic rings. The molecular formula is C27H26ClFN2O4S2. The molecule has 10 heteroatoms. The van der Waals surface area contributed by atoms with Crippen LogP contribution in [-0.2, 0) is 35.7 Å². The van der Waals surface area contributed by atoms with Gasteiger partial charge in [0.1, 0.15) is 17.1 Å². The van der Waals surface area contributed by atoms with Gasteiger partial charge < -0.3 is 14.4 Å². The Labute approximate surface area is 226 Å². The average molecular weight is 561 g/mol. The smallest absolute Gasteiger partial charge is 0.307 e. The van der Waals surface area contributed by atoms with Gasteiger partial charge in [-0.25, -0.2) is 4.39 Å². The summed E-state index contributed by atoms with van der Waals surface area (Å²) < 4.78 is 37.8. The first-order chi connectivity index (χ1) is 17.5. The molecule has 0 unspecified atom stereocenters. The molecule has 0 spiro atoms. The van der Waals surface area contributed by atoms with Crippen LogP contribution in [-0.4, -0.2) is 25.4 Å². The largest absolute Gasteiger partial charge is 0.598 e. The Morgan fingerprint density at radius 3 is 2.70 bits per heavy atom. The lowest BCUT2D eigenvalue weighted by atomic mass is 9.99. The van der Waals surface area contributed by atoms with E-state index in [-0.39, 0.29) is 25.3 Å². The predicted molar refractivity (Wildman–Crippen MR) is 147 cm³/mol. The van der Waals surface area contributed by atoms with E-state index >= 15 is 4.39 Å². The molecule has 2 heterocycles. The van der Waals surface area contributed by atoms with Crippen molar-refractivity contribution in [2.24, 2.45) is 0 Å². The number of aromatic nitrogens is 1. The van der Waals surface area contributed by atoms with E-state index in [1.807, 2.05) is 32.9 Å². The number of nitrogens with zero attached hydrogens (tertiary/aromatic N) is 1. The fourth-order valence-electron chi connectivity index (χ4n) is 3.75. The average Bonchev–Trinajstić information content (AvgIpc) is 3.21. The third kappa shape index (κ3) is 6.61. The fourth-order valence-corrected chi connectivity index (χ4v) is 5.69. The molecule has 0 saturated carbocycles. The molecule has 0 aliphatic carbocycles. The molecule has 0 saturated heterocycles. The van der Waals surface area contributed by atoms with Gasteiger partial charge in [-0.05, 0) is 62.2 Å². The summed E-state index contributed by atoms with van der Waals surface area (Å²) in [4.78, 5) is 15.4. The van der Waals surface area contributed by atoms with Crippen LogP contribution in [0.2, 0.25) is 4.34 Å². The number of halogens is 2. The Morgan fingerprint density at radius 2 is 1.97 bits per heavy atom. The minimum absolute atomic E-state index is 0.0141. The van der Waals surface area contributed by atoms with Crippen LogP contribution in [0.25, 0.3) is 21.2 Å². The molecule has 2 aromatic heterocycles. The molecule has 0 fully saturated rings. The number of benzene rings is 2. The van der Waals surface area contributed by atoms with Crippen molar-refractivity contribution >= 4 is 50.4 Å². The van der Waals surface area contributed by atoms with Gasteiger partial charge in [-0.1, -0.05) is 29.8 Å². The van der Waals surface area contributed by atoms with Gasteiger partial charge in [-0.15, -0.1) is 16.1 Å². The van der Waals surface area contributed by atoms with Gasteiger partial charge in [0.15, 0.2) is 5.82 Å². The summed E-state index contributed by atoms with van der Waals surface area (Å²) >= 11 is 6.32. The molecule has 0 bridgehead atoms. The van der Waals surface area contributed by atoms with Crippen molar-refractivity contribution in [3.05, 3.63) is 81.7 Å². The highest BCUT2D eigenvalue weighted by Gasteiger charge is 2.27. The fraction of sp³-hybridized carbons (Fsp3) is 0.259. The zero-order valence-electron chi connectivity index (χ0n) is 20.5. The van der Waals surface area contributed by atoms with Crippen LogP contribution < -0.4 is 9.46 Å². The number of carbonyl (C=O) groups is 1. The zero-order chi connectivity index (χ0) is 26.7. The molecule has 1 atom stereocenters. The van der Waals surface area contributed by atoms with Crippen molar-refractivity contribution in [1.82, 2.24) is 9.71 Å². The summed E-state index contributed by atoms with van der Waals surface area (Å²) in [5, 5.41) is 9.99. The SMILES string of the molecule is CC(C)(C)[S@+]([O-])NCc1nccc(-c2cc(COc3ccccc3CC(=O)O)cc3sc(Cl)cc23)c1F. The maximum absolute atomic E-state index is 15.7. The number of nitrogens with one attached hydrogen (secondary N) is 1. The molecule has 6 nitrogen and oxygen atoms in total. The highest BCUT2D eigenvalue weighted by Crippen LogP contribution is 2.39. The molecule has 194 valence electrons. The van der Waals surface area contributed by atoms with E-state index in [1.54, 1.807) is 36.4 Å². The van der Waals surface area contributed by atoms with E-state index in [4.69, 9.17) is 16.3 Å². The van der Waals surface area contributed by atoms with E-state index in [1.165, 1.54) is 17.5 Å². The number of rotatable bonds is 9. The third-order valence-corrected chi connectivity index (χ3v) is 8.28. The Kier molecular flexibility index (Phi) is 8.40. The number of pyridine rings is 1. The molecule has 0 amide bonds. The summed E-state index contributed by atoms with van der Waals surface area (Å²) in [6, 6.07) is 14.2. The first-order valence-corrected chi connectivity index (χ1v) is 13.8. The van der Waals surface area contributed by atoms with Gasteiger partial charge in [0, 0.05) is 38.8 Å². The zero-order valence-corrected chi connectivity index (χ0v) is 22.9. The number of aliphatic carboxylic acids is 1. The van der Waals surface area contributed by atoms with Gasteiger partial charge in [0.25, 0.3) is 0 Å². The van der Waals surface area contributed by atoms with E-state index in [9.17, 15) is 14.5 Å². The lowest BCUT2D eigenvalue weighted by Crippen LogP contribution is -2.39. The van der Waals surface area contributed by atoms with Crippen molar-refractivity contribution in [1.29, 1.82) is 0 Å². The van der Waals surface area contributed by atoms with Gasteiger partial charge in [0.2, 0.25) is 0 Å². The summed E-state index contributed by atoms with van der Waals surface area (Å²) in [5.41, 5.74) is 2.49. The molecule has 2 aromatic carbocycles. The van der Waals surface area contributed by atoms with Gasteiger partial charge in [-0.2, -0.15) is 0 Å². The summed E-state index contributed by atoms with van der Waals surface area (Å²) in [6.07, 6.45) is 1.38. The minimum atomic E-state index is -1.37. The number of fused-ring (bicyclic) bond motifs is 1. The number of carboxylic acids is 1. The van der Waals surface area contributed by atoms with E-state index in [2.05, 4.69) is 9.71 Å². The molecule has 0 aliphatic heterocycles. The Morgan fingerprint density at radius 1 is 1.22 bits per heavy atom. The molecular weight excluding hydrogens is 535 g/mol. The third-order valence-electron chi connectivity index (χ3n) is 5.55. The molecule has 4 aromatic rings. The Balaban J connectivity index is 1.67. The van der Waals surface area contributed by atoms with E-state index in [0.29, 0.717) is 26.8 Å². The maximum Gasteiger partial charge on any atom is 0.307 e. The normalized spacial score (nSPS) is 12.6. The lowest BCUT2D eigenvalue weighted by Gasteiger charge is -2.23. The summed E-state index contributed by atoms with van der Waals surface area (Å²) in [5.74, 6) is -0.974. The predicted octanol–water partition coefficient (Wildman–Crippen LogP) is 6.51. The van der Waals surface area contributed by atoms with Crippen LogP contribution in [0.15, 0.2) is 54.7 Å². The van der Waals surface area contributed by atoms with Crippen LogP contribution in [0.1, 0.15) is 37.6 Å². The second-order valence-corrected chi connectivity index (χ2v) is 13.2. The lowest BCUT2D eigenvalue weighted by molar-refractivity contribution is -0.136. The monoisotopic (exact) mass is 560 g/mol. The Bertz CT molecular complexity index is 1440. The van der Waals surface area contributed by atoms with Crippen molar-refractivity contribution < 1.29 is 23.6 Å². The van der Waals surface area contributed by atoms with Crippen molar-refractivity contribution in [2.45, 2.75) is 45.1 Å². The number of para-hydroxylation sites is 1. The van der Waals surface area contributed by atoms with Gasteiger partial charge in [-0.3, -0.25) is 9.78 Å². The second kappa shape index (κ2) is 11.4. The number of carboxylic acid groups (broad SMARTS) is 1. The standard InChI is InChI=1S/C27H26ClFN2O4S2/c1-27(2,3)37(34)31-14-21-26(29)18(8-9-30-21)19-10-16(11-23-20(19)13-24(28)36-23)15-35-22-7-5-4-6-17(22)12-25(32)33/h4-11,13,31H,12,14-15H2,1-3H3,(H,32,33)/t37-/m0/s1. The van der Waals surface area contributed by atoms with Crippen LogP contribution >= 0.6 is 22.9 Å². The van der Waals surface area contributed by atoms with Crippen molar-refractivity contribution in [3.63, 3.8) is 0 Å². The Hall–Kier alpha value is -2.69. The summed E-state index contributed by atoms with van der Waals surface area (Å²) in [7, 11) is 0. The van der Waals surface area contributed by atoms with Crippen LogP contribution in [0.4, 0.5) is 4.39 Å². The second-order valence-electron chi connectivity index (χ2n) is 9.39. The topological polar surface area (TPSA) is 94.5 Å². The first-order valence-electron chi connectivity index (χ1n) is 11.5. The van der Waals surface area contributed by atoms with Crippen molar-refractivity contribution in [2.75, 3.05) is 0 Å². The molecule has 37 heavy (non-hydrogen) atoms. The number of hydrogen-bond donors (Lipinski definition) is 2. The van der Waals surface area contributed by atoms with Crippen LogP contribution in [0.3, 0.4) is 0 Å². The highest BCUT2D eigenvalue weighted by molar-refractivity contribution is 7.90. The van der Waals surface area contributed by atoms with Gasteiger partial charge in [0.05, 0.1) is 23.0 Å². The first kappa shape index (κ1) is 27.3. The molecule has 4 rings (SSSR count). The highest BCUT2D eigenvalue weighted by atomic mass is 35.5. The van der Waals surface area contributed by atoms with Crippen molar-refractivity contribution in [3.8, 4) is 16.9 Å². The van der Waals surface area contributed by atoms with Crippen LogP contribution in [0.5, 0.6) is 5.75 Å². The van der Waals surface area contributed by atoms with E-state index in [0.717, 1.165) is 15.6 Å². The minimum Gasteiger partial charge on any atom is -0.598 e. The molecule has 0 radical (unpaired) electrons. The van der Waals surface area contributed by atoms with E-state index < -0.39 is 27.9 Å². The summed E-state index contributed by atoms with van der Waals surface area (Å²) in [6.45, 7) is 5.67. The number of hydrogen-bond acceptors (Lipinski definition) is 6. The van der Waals surface area contributed by atoms with Crippen LogP contribution in [0, 0.1) is 5.82 Å². The maximum atomic E-state index is 15.7. The van der Waals surface area contributed by atoms with Gasteiger partial charge >= 0.3 is 5.97 Å². The quantitative estimate of drug-likeness (QED) is 0.226.